The number of halogens is 5. The summed E-state index contributed by atoms with van der Waals surface area (Å²) in [5, 5.41) is 7.15. The Labute approximate surface area is 216 Å². The molecule has 3 aromatic rings. The zero-order valence-electron chi connectivity index (χ0n) is 16.6. The van der Waals surface area contributed by atoms with E-state index in [4.69, 9.17) is 59.4 Å². The number of rotatable bonds is 11. The van der Waals surface area contributed by atoms with Gasteiger partial charge in [-0.2, -0.15) is 29.9 Å². The maximum Gasteiger partial charge on any atom is 0.228 e. The molecular formula is C14H12Cl5N11S2. The van der Waals surface area contributed by atoms with Gasteiger partial charge in [-0.05, 0) is 46.4 Å². The lowest BCUT2D eigenvalue weighted by Gasteiger charge is -2.09. The van der Waals surface area contributed by atoms with Gasteiger partial charge in [0.2, 0.25) is 33.0 Å². The van der Waals surface area contributed by atoms with Crippen LogP contribution in [0.15, 0.2) is 10.2 Å². The quantitative estimate of drug-likeness (QED) is 0.130. The number of nitrogen functional groups attached to an aromatic ring is 1. The average molecular weight is 577 g/mol. The van der Waals surface area contributed by atoms with Crippen LogP contribution in [0, 0.1) is 0 Å². The van der Waals surface area contributed by atoms with Crippen molar-refractivity contribution < 1.29 is 1.41 Å². The molecule has 18 heteroatoms. The van der Waals surface area contributed by atoms with Crippen molar-refractivity contribution >= 4 is 99.2 Å². The molecule has 0 spiro atoms. The van der Waals surface area contributed by atoms with Gasteiger partial charge in [0, 0.05) is 24.6 Å². The Morgan fingerprint density at radius 1 is 0.688 bits per heavy atom. The second-order valence-corrected chi connectivity index (χ2v) is 9.29. The van der Waals surface area contributed by atoms with Crippen molar-refractivity contribution in [2.45, 2.75) is 10.2 Å². The van der Waals surface area contributed by atoms with Crippen LogP contribution >= 0.6 is 81.5 Å². The predicted octanol–water partition coefficient (Wildman–Crippen LogP) is 4.10. The number of hydrogen-bond donors (Lipinski definition) is 3. The minimum atomic E-state index is -0.00648. The normalized spacial score (nSPS) is 11.2. The molecule has 0 aliphatic rings. The zero-order valence-corrected chi connectivity index (χ0v) is 21.0. The third-order valence-electron chi connectivity index (χ3n) is 3.20. The molecular weight excluding hydrogens is 564 g/mol. The summed E-state index contributed by atoms with van der Waals surface area (Å²) in [5.41, 5.74) is 2.23. The van der Waals surface area contributed by atoms with Crippen molar-refractivity contribution in [1.82, 2.24) is 39.9 Å². The summed E-state index contributed by atoms with van der Waals surface area (Å²) in [4.78, 5) is 31.8. The first-order valence-electron chi connectivity index (χ1n) is 8.97. The highest BCUT2D eigenvalue weighted by atomic mass is 35.5. The van der Waals surface area contributed by atoms with E-state index in [1.54, 1.807) is 0 Å². The molecule has 4 N–H and O–H groups in total. The highest BCUT2D eigenvalue weighted by Gasteiger charge is 2.12. The van der Waals surface area contributed by atoms with E-state index in [0.29, 0.717) is 34.8 Å². The van der Waals surface area contributed by atoms with Crippen LogP contribution < -0.4 is 16.4 Å². The molecule has 3 heterocycles. The Hall–Kier alpha value is -1.35. The molecule has 0 saturated heterocycles. The maximum absolute atomic E-state index is 7.45. The van der Waals surface area contributed by atoms with E-state index in [2.05, 4.69) is 56.2 Å². The fraction of sp³-hybridized carbons (Fsp3) is 0.286. The summed E-state index contributed by atoms with van der Waals surface area (Å²) < 4.78 is 7.45. The number of nitrogens with zero attached hydrogens (tertiary/aromatic N) is 8. The Kier molecular flexibility index (Phi) is 9.08. The molecule has 0 aliphatic carbocycles. The summed E-state index contributed by atoms with van der Waals surface area (Å²) in [7, 11) is 0. The fourth-order valence-corrected chi connectivity index (χ4v) is 4.50. The highest BCUT2D eigenvalue weighted by Crippen LogP contribution is 2.31. The van der Waals surface area contributed by atoms with Gasteiger partial charge in [-0.3, -0.25) is 0 Å². The monoisotopic (exact) mass is 574 g/mol. The second kappa shape index (κ2) is 12.2. The van der Waals surface area contributed by atoms with Crippen LogP contribution in [-0.4, -0.2) is 64.5 Å². The maximum atomic E-state index is 7.45. The molecule has 0 fully saturated rings. The lowest BCUT2D eigenvalue weighted by molar-refractivity contribution is 0.898. The lowest BCUT2D eigenvalue weighted by Crippen LogP contribution is -2.10. The zero-order chi connectivity index (χ0) is 23.8. The van der Waals surface area contributed by atoms with Gasteiger partial charge < -0.3 is 16.4 Å². The van der Waals surface area contributed by atoms with Crippen molar-refractivity contribution in [1.29, 1.82) is 0 Å². The molecule has 0 atom stereocenters. The van der Waals surface area contributed by atoms with Crippen molar-refractivity contribution in [3.8, 4) is 0 Å². The van der Waals surface area contributed by atoms with Crippen LogP contribution in [0.3, 0.4) is 0 Å². The van der Waals surface area contributed by atoms with Crippen LogP contribution in [0.2, 0.25) is 27.6 Å². The highest BCUT2D eigenvalue weighted by molar-refractivity contribution is 7.99. The van der Waals surface area contributed by atoms with Gasteiger partial charge in [-0.25, -0.2) is 9.97 Å². The molecule has 0 radical (unpaired) electrons. The molecule has 3 rings (SSSR count). The van der Waals surface area contributed by atoms with E-state index < -0.39 is 0 Å². The predicted molar refractivity (Wildman–Crippen MR) is 130 cm³/mol. The molecule has 170 valence electrons. The topological polar surface area (TPSA) is 153 Å². The van der Waals surface area contributed by atoms with Crippen LogP contribution in [0.4, 0.5) is 17.7 Å². The van der Waals surface area contributed by atoms with Gasteiger partial charge in [0.05, 0.1) is 0 Å². The van der Waals surface area contributed by atoms with E-state index in [0.717, 1.165) is 0 Å². The van der Waals surface area contributed by atoms with Gasteiger partial charge in [0.1, 0.15) is 15.9 Å². The third-order valence-corrected chi connectivity index (χ3v) is 6.17. The molecule has 0 aromatic carbocycles. The third kappa shape index (κ3) is 7.90. The first-order valence-corrected chi connectivity index (χ1v) is 12.3. The van der Waals surface area contributed by atoms with Crippen molar-refractivity contribution in [3.63, 3.8) is 0 Å². The lowest BCUT2D eigenvalue weighted by atomic mass is 10.6. The Bertz CT molecular complexity index is 1070. The summed E-state index contributed by atoms with van der Waals surface area (Å²) in [6, 6.07) is 0. The Morgan fingerprint density at radius 3 is 1.69 bits per heavy atom. The largest absolute Gasteiger partial charge is 0.382 e. The van der Waals surface area contributed by atoms with E-state index in [1.165, 1.54) is 23.5 Å². The molecule has 0 amide bonds. The number of nitrogens with one attached hydrogen (secondary N) is 2. The average Bonchev–Trinajstić information content (AvgIpc) is 2.74. The van der Waals surface area contributed by atoms with E-state index in [-0.39, 0.29) is 43.9 Å². The van der Waals surface area contributed by atoms with E-state index >= 15 is 0 Å². The van der Waals surface area contributed by atoms with Gasteiger partial charge >= 0.3 is 0 Å². The number of anilines is 3. The summed E-state index contributed by atoms with van der Waals surface area (Å²) >= 11 is 32.0. The summed E-state index contributed by atoms with van der Waals surface area (Å²) in [5.74, 6) is 1.83. The molecule has 32 heavy (non-hydrogen) atoms. The van der Waals surface area contributed by atoms with Crippen molar-refractivity contribution in [2.75, 3.05) is 41.0 Å². The SMILES string of the molecule is [2H]Nc1nc(SCCNc2nc(Cl)nc(Cl)n2)nc(SCCNc2nc(Cl)nc(Cl)n2)c1Cl. The first kappa shape index (κ1) is 23.8. The van der Waals surface area contributed by atoms with Gasteiger partial charge in [-0.1, -0.05) is 23.4 Å². The molecule has 3 aromatic heterocycles. The Morgan fingerprint density at radius 2 is 1.19 bits per heavy atom. The molecule has 0 saturated carbocycles. The van der Waals surface area contributed by atoms with Crippen molar-refractivity contribution in [3.05, 3.63) is 26.2 Å². The first-order chi connectivity index (χ1) is 15.8. The van der Waals surface area contributed by atoms with Gasteiger partial charge in [0.15, 0.2) is 6.57 Å². The van der Waals surface area contributed by atoms with Crippen molar-refractivity contribution in [2.24, 2.45) is 0 Å². The minimum Gasteiger partial charge on any atom is -0.382 e. The van der Waals surface area contributed by atoms with E-state index in [1.807, 2.05) is 0 Å². The summed E-state index contributed by atoms with van der Waals surface area (Å²) in [6.45, 7) is 0.940. The fourth-order valence-electron chi connectivity index (χ4n) is 1.99. The van der Waals surface area contributed by atoms with Gasteiger partial charge in [-0.15, -0.1) is 11.8 Å². The number of thioether (sulfide) groups is 2. The standard InChI is InChI=1S/C14H12Cl5N11S2/c15-5-6(20)23-14(32-4-2-22-13-29-10(18)26-11(19)30-13)24-7(5)31-3-1-21-12-27-8(16)25-9(17)28-12/h1-4H2,(H2,20,23,24)(H,21,25,27,28)(H,22,26,29,30)/i/hD. The minimum absolute atomic E-state index is 0.00445. The summed E-state index contributed by atoms with van der Waals surface area (Å²) in [6.07, 6.45) is 0. The molecule has 0 unspecified atom stereocenters. The van der Waals surface area contributed by atoms with Crippen LogP contribution in [0.25, 0.3) is 0 Å². The second-order valence-electron chi connectivity index (χ2n) is 5.42. The number of hydrogen-bond acceptors (Lipinski definition) is 13. The van der Waals surface area contributed by atoms with Crippen LogP contribution in [0.5, 0.6) is 0 Å². The van der Waals surface area contributed by atoms with Gasteiger partial charge in [0.25, 0.3) is 0 Å². The molecule has 11 nitrogen and oxygen atoms in total. The van der Waals surface area contributed by atoms with Crippen LogP contribution in [-0.2, 0) is 0 Å². The molecule has 0 aliphatic heterocycles. The number of nitrogens with two attached hydrogens (primary N) is 1. The molecule has 0 bridgehead atoms. The van der Waals surface area contributed by atoms with Crippen LogP contribution in [0.1, 0.15) is 0 Å². The smallest absolute Gasteiger partial charge is 0.228 e. The number of aromatic nitrogens is 8. The Balaban J connectivity index is 1.53. The van der Waals surface area contributed by atoms with E-state index in [9.17, 15) is 0 Å².